The minimum Gasteiger partial charge on any atom is -0.497 e. The summed E-state index contributed by atoms with van der Waals surface area (Å²) in [7, 11) is 4.69. The number of benzene rings is 1. The van der Waals surface area contributed by atoms with Gasteiger partial charge in [-0.05, 0) is 12.1 Å². The molecule has 1 heterocycles. The van der Waals surface area contributed by atoms with Crippen molar-refractivity contribution in [2.24, 2.45) is 0 Å². The number of aromatic nitrogens is 2. The minimum atomic E-state index is 0.259. The highest BCUT2D eigenvalue weighted by Gasteiger charge is 2.14. The molecule has 0 spiro atoms. The van der Waals surface area contributed by atoms with Crippen molar-refractivity contribution in [2.45, 2.75) is 0 Å². The first-order valence-electron chi connectivity index (χ1n) is 5.47. The van der Waals surface area contributed by atoms with E-state index in [-0.39, 0.29) is 5.15 Å². The van der Waals surface area contributed by atoms with E-state index in [1.165, 1.54) is 13.4 Å². The molecule has 2 rings (SSSR count). The number of methoxy groups -OCH3 is 3. The van der Waals surface area contributed by atoms with Crippen molar-refractivity contribution < 1.29 is 14.2 Å². The third kappa shape index (κ3) is 2.71. The first-order valence-corrected chi connectivity index (χ1v) is 5.85. The molecular formula is C13H13ClN2O3. The van der Waals surface area contributed by atoms with Gasteiger partial charge in [-0.3, -0.25) is 0 Å². The molecule has 0 saturated heterocycles. The normalized spacial score (nSPS) is 10.1. The van der Waals surface area contributed by atoms with Crippen LogP contribution in [0.15, 0.2) is 24.5 Å². The summed E-state index contributed by atoms with van der Waals surface area (Å²) in [5.74, 6) is 1.73. The van der Waals surface area contributed by atoms with E-state index in [1.54, 1.807) is 20.3 Å². The van der Waals surface area contributed by atoms with Gasteiger partial charge in [0.15, 0.2) is 10.9 Å². The summed E-state index contributed by atoms with van der Waals surface area (Å²) in [6.45, 7) is 0. The molecule has 0 bridgehead atoms. The minimum absolute atomic E-state index is 0.259. The van der Waals surface area contributed by atoms with Gasteiger partial charge in [-0.25, -0.2) is 9.97 Å². The van der Waals surface area contributed by atoms with Crippen molar-refractivity contribution in [1.82, 2.24) is 9.97 Å². The summed E-state index contributed by atoms with van der Waals surface area (Å²) >= 11 is 5.99. The highest BCUT2D eigenvalue weighted by molar-refractivity contribution is 6.31. The van der Waals surface area contributed by atoms with Crippen molar-refractivity contribution in [3.63, 3.8) is 0 Å². The first kappa shape index (κ1) is 13.4. The van der Waals surface area contributed by atoms with Crippen LogP contribution >= 0.6 is 11.6 Å². The number of nitrogens with zero attached hydrogens (tertiary/aromatic N) is 2. The molecule has 6 heteroatoms. The third-order valence-electron chi connectivity index (χ3n) is 2.59. The molecule has 0 radical (unpaired) electrons. The summed E-state index contributed by atoms with van der Waals surface area (Å²) in [6, 6.07) is 5.42. The number of halogens is 1. The topological polar surface area (TPSA) is 53.5 Å². The second kappa shape index (κ2) is 5.75. The number of ether oxygens (including phenoxy) is 3. The summed E-state index contributed by atoms with van der Waals surface area (Å²) in [4.78, 5) is 8.09. The fourth-order valence-corrected chi connectivity index (χ4v) is 1.89. The average Bonchev–Trinajstić information content (AvgIpc) is 2.46. The molecule has 0 aliphatic heterocycles. The van der Waals surface area contributed by atoms with Gasteiger partial charge in [0, 0.05) is 11.6 Å². The molecule has 0 amide bonds. The van der Waals surface area contributed by atoms with E-state index in [0.29, 0.717) is 22.9 Å². The molecule has 5 nitrogen and oxygen atoms in total. The van der Waals surface area contributed by atoms with Crippen LogP contribution in [-0.2, 0) is 0 Å². The molecule has 2 aromatic rings. The monoisotopic (exact) mass is 280 g/mol. The smallest absolute Gasteiger partial charge is 0.182 e. The summed E-state index contributed by atoms with van der Waals surface area (Å²) in [6.07, 6.45) is 1.38. The largest absolute Gasteiger partial charge is 0.497 e. The van der Waals surface area contributed by atoms with Crippen molar-refractivity contribution in [3.8, 4) is 28.5 Å². The molecular weight excluding hydrogens is 268 g/mol. The van der Waals surface area contributed by atoms with Crippen LogP contribution in [-0.4, -0.2) is 31.3 Å². The Morgan fingerprint density at radius 1 is 0.895 bits per heavy atom. The van der Waals surface area contributed by atoms with Crippen molar-refractivity contribution in [2.75, 3.05) is 21.3 Å². The van der Waals surface area contributed by atoms with E-state index < -0.39 is 0 Å². The number of hydrogen-bond acceptors (Lipinski definition) is 5. The SMILES string of the molecule is COc1cc(OC)cc(-c2ncnc(Cl)c2OC)c1. The summed E-state index contributed by atoms with van der Waals surface area (Å²) < 4.78 is 15.7. The van der Waals surface area contributed by atoms with Crippen LogP contribution in [0.1, 0.15) is 0 Å². The summed E-state index contributed by atoms with van der Waals surface area (Å²) in [5.41, 5.74) is 1.36. The zero-order chi connectivity index (χ0) is 13.8. The fraction of sp³-hybridized carbons (Fsp3) is 0.231. The number of hydrogen-bond donors (Lipinski definition) is 0. The molecule has 0 saturated carbocycles. The Bertz CT molecular complexity index is 568. The van der Waals surface area contributed by atoms with Crippen LogP contribution < -0.4 is 14.2 Å². The molecule has 0 unspecified atom stereocenters. The van der Waals surface area contributed by atoms with Crippen LogP contribution in [0.4, 0.5) is 0 Å². The quantitative estimate of drug-likeness (QED) is 0.806. The molecule has 100 valence electrons. The van der Waals surface area contributed by atoms with Gasteiger partial charge in [-0.15, -0.1) is 0 Å². The van der Waals surface area contributed by atoms with Gasteiger partial charge < -0.3 is 14.2 Å². The van der Waals surface area contributed by atoms with Gasteiger partial charge in [0.25, 0.3) is 0 Å². The molecule has 1 aromatic carbocycles. The van der Waals surface area contributed by atoms with Gasteiger partial charge in [0.2, 0.25) is 0 Å². The first-order chi connectivity index (χ1) is 9.19. The highest BCUT2D eigenvalue weighted by atomic mass is 35.5. The zero-order valence-corrected chi connectivity index (χ0v) is 11.6. The molecule has 1 aromatic heterocycles. The molecule has 0 N–H and O–H groups in total. The molecule has 0 atom stereocenters. The van der Waals surface area contributed by atoms with Gasteiger partial charge in [-0.1, -0.05) is 11.6 Å². The lowest BCUT2D eigenvalue weighted by atomic mass is 10.1. The van der Waals surface area contributed by atoms with E-state index in [0.717, 1.165) is 5.56 Å². The van der Waals surface area contributed by atoms with Crippen molar-refractivity contribution in [3.05, 3.63) is 29.7 Å². The Labute approximate surface area is 116 Å². The van der Waals surface area contributed by atoms with E-state index in [9.17, 15) is 0 Å². The Morgan fingerprint density at radius 2 is 1.53 bits per heavy atom. The number of rotatable bonds is 4. The van der Waals surface area contributed by atoms with E-state index in [2.05, 4.69) is 9.97 Å². The maximum Gasteiger partial charge on any atom is 0.182 e. The van der Waals surface area contributed by atoms with Crippen LogP contribution in [0.3, 0.4) is 0 Å². The predicted molar refractivity (Wildman–Crippen MR) is 72.1 cm³/mol. The van der Waals surface area contributed by atoms with Gasteiger partial charge in [0.05, 0.1) is 21.3 Å². The van der Waals surface area contributed by atoms with Crippen LogP contribution in [0.2, 0.25) is 5.15 Å². The Morgan fingerprint density at radius 3 is 2.05 bits per heavy atom. The Kier molecular flexibility index (Phi) is 4.06. The predicted octanol–water partition coefficient (Wildman–Crippen LogP) is 2.82. The van der Waals surface area contributed by atoms with Crippen molar-refractivity contribution >= 4 is 11.6 Å². The molecule has 0 aliphatic rings. The van der Waals surface area contributed by atoms with E-state index >= 15 is 0 Å². The maximum atomic E-state index is 5.99. The molecule has 19 heavy (non-hydrogen) atoms. The van der Waals surface area contributed by atoms with Gasteiger partial charge in [-0.2, -0.15) is 0 Å². The second-order valence-electron chi connectivity index (χ2n) is 3.65. The van der Waals surface area contributed by atoms with E-state index in [4.69, 9.17) is 25.8 Å². The van der Waals surface area contributed by atoms with Crippen LogP contribution in [0.5, 0.6) is 17.2 Å². The van der Waals surface area contributed by atoms with Crippen LogP contribution in [0.25, 0.3) is 11.3 Å². The average molecular weight is 281 g/mol. The lowest BCUT2D eigenvalue weighted by molar-refractivity contribution is 0.394. The molecule has 0 aliphatic carbocycles. The zero-order valence-electron chi connectivity index (χ0n) is 10.8. The maximum absolute atomic E-state index is 5.99. The van der Waals surface area contributed by atoms with E-state index in [1.807, 2.05) is 12.1 Å². The highest BCUT2D eigenvalue weighted by Crippen LogP contribution is 2.36. The third-order valence-corrected chi connectivity index (χ3v) is 2.86. The lowest BCUT2D eigenvalue weighted by Crippen LogP contribution is -1.95. The Balaban J connectivity index is 2.61. The van der Waals surface area contributed by atoms with Gasteiger partial charge >= 0.3 is 0 Å². The standard InChI is InChI=1S/C13H13ClN2O3/c1-17-9-4-8(5-10(6-9)18-2)11-12(19-3)13(14)16-7-15-11/h4-7H,1-3H3. The van der Waals surface area contributed by atoms with Gasteiger partial charge in [0.1, 0.15) is 23.5 Å². The van der Waals surface area contributed by atoms with Crippen LogP contribution in [0, 0.1) is 0 Å². The lowest BCUT2D eigenvalue weighted by Gasteiger charge is -2.11. The Hall–Kier alpha value is -2.01. The summed E-state index contributed by atoms with van der Waals surface area (Å²) in [5, 5.41) is 0.259. The fourth-order valence-electron chi connectivity index (χ4n) is 1.68. The van der Waals surface area contributed by atoms with Crippen molar-refractivity contribution in [1.29, 1.82) is 0 Å². The second-order valence-corrected chi connectivity index (χ2v) is 4.01. The molecule has 0 fully saturated rings.